The highest BCUT2D eigenvalue weighted by Gasteiger charge is 2.19. The number of nitriles is 1. The van der Waals surface area contributed by atoms with Crippen molar-refractivity contribution in [1.29, 1.82) is 5.26 Å². The molecule has 0 saturated heterocycles. The average molecular weight is 509 g/mol. The number of ether oxygens (including phenoxy) is 1. The molecule has 1 amide bonds. The molecule has 0 bridgehead atoms. The molecule has 0 saturated carbocycles. The van der Waals surface area contributed by atoms with Crippen LogP contribution in [0.3, 0.4) is 0 Å². The monoisotopic (exact) mass is 508 g/mol. The molecule has 5 rings (SSSR count). The molecule has 176 valence electrons. The van der Waals surface area contributed by atoms with Crippen molar-refractivity contribution in [3.05, 3.63) is 90.5 Å². The number of methoxy groups -OCH3 is 1. The van der Waals surface area contributed by atoms with E-state index < -0.39 is 0 Å². The summed E-state index contributed by atoms with van der Waals surface area (Å²) in [4.78, 5) is 22.0. The van der Waals surface area contributed by atoms with Gasteiger partial charge in [-0.25, -0.2) is 9.97 Å². The van der Waals surface area contributed by atoms with Gasteiger partial charge in [0.05, 0.1) is 34.3 Å². The maximum atomic E-state index is 12.8. The highest BCUT2D eigenvalue weighted by molar-refractivity contribution is 8.00. The Kier molecular flexibility index (Phi) is 6.94. The summed E-state index contributed by atoms with van der Waals surface area (Å²) >= 11 is 2.65. The van der Waals surface area contributed by atoms with Crippen molar-refractivity contribution in [2.24, 2.45) is 0 Å². The fourth-order valence-electron chi connectivity index (χ4n) is 3.79. The number of fused-ring (bicyclic) bond motifs is 1. The molecule has 0 unspecified atom stereocenters. The van der Waals surface area contributed by atoms with Gasteiger partial charge in [-0.2, -0.15) is 5.26 Å². The normalized spacial score (nSPS) is 10.7. The molecule has 0 aliphatic carbocycles. The van der Waals surface area contributed by atoms with Gasteiger partial charge in [0.1, 0.15) is 16.8 Å². The largest absolute Gasteiger partial charge is 0.496 e. The van der Waals surface area contributed by atoms with E-state index in [0.29, 0.717) is 32.7 Å². The first-order valence-electron chi connectivity index (χ1n) is 11.1. The molecule has 0 aliphatic heterocycles. The number of benzene rings is 3. The standard InChI is InChI=1S/C28H20N4O2S2/c1-34-24-13-7-5-11-19(24)20-15-23(18-9-3-2-4-10-18)30-27(21(20)16-29)35-17-26(33)32-28-31-22-12-6-8-14-25(22)36-28/h2-15H,17H2,1H3,(H,31,32,33). The summed E-state index contributed by atoms with van der Waals surface area (Å²) in [5.41, 5.74) is 4.37. The van der Waals surface area contributed by atoms with Crippen molar-refractivity contribution in [3.63, 3.8) is 0 Å². The molecule has 0 spiro atoms. The molecule has 0 fully saturated rings. The van der Waals surface area contributed by atoms with Gasteiger partial charge in [-0.3, -0.25) is 4.79 Å². The molecule has 8 heteroatoms. The van der Waals surface area contributed by atoms with Crippen molar-refractivity contribution in [3.8, 4) is 34.2 Å². The average Bonchev–Trinajstić information content (AvgIpc) is 3.34. The molecule has 3 aromatic carbocycles. The number of thioether (sulfide) groups is 1. The van der Waals surface area contributed by atoms with Gasteiger partial charge >= 0.3 is 0 Å². The van der Waals surface area contributed by atoms with E-state index in [-0.39, 0.29) is 11.7 Å². The van der Waals surface area contributed by atoms with Crippen LogP contribution in [0, 0.1) is 11.3 Å². The van der Waals surface area contributed by atoms with Crippen molar-refractivity contribution in [2.75, 3.05) is 18.2 Å². The lowest BCUT2D eigenvalue weighted by molar-refractivity contribution is -0.113. The topological polar surface area (TPSA) is 87.9 Å². The van der Waals surface area contributed by atoms with Crippen molar-refractivity contribution in [1.82, 2.24) is 9.97 Å². The van der Waals surface area contributed by atoms with Crippen LogP contribution in [-0.2, 0) is 4.79 Å². The van der Waals surface area contributed by atoms with E-state index >= 15 is 0 Å². The van der Waals surface area contributed by atoms with Gasteiger partial charge in [-0.15, -0.1) is 0 Å². The fraction of sp³-hybridized carbons (Fsp3) is 0.0714. The second-order valence-corrected chi connectivity index (χ2v) is 9.73. The quantitative estimate of drug-likeness (QED) is 0.248. The molecular weight excluding hydrogens is 488 g/mol. The second-order valence-electron chi connectivity index (χ2n) is 7.74. The van der Waals surface area contributed by atoms with Crippen LogP contribution in [0.15, 0.2) is 90.0 Å². The Morgan fingerprint density at radius 2 is 1.75 bits per heavy atom. The number of carbonyl (C=O) groups excluding carboxylic acids is 1. The zero-order chi connectivity index (χ0) is 24.9. The number of nitrogens with zero attached hydrogens (tertiary/aromatic N) is 3. The predicted octanol–water partition coefficient (Wildman–Crippen LogP) is 6.64. The predicted molar refractivity (Wildman–Crippen MR) is 145 cm³/mol. The SMILES string of the molecule is COc1ccccc1-c1cc(-c2ccccc2)nc(SCC(=O)Nc2nc3ccccc3s2)c1C#N. The van der Waals surface area contributed by atoms with Crippen LogP contribution in [0.1, 0.15) is 5.56 Å². The molecule has 1 N–H and O–H groups in total. The van der Waals surface area contributed by atoms with Crippen molar-refractivity contribution >= 4 is 44.4 Å². The van der Waals surface area contributed by atoms with Gasteiger partial charge in [0.2, 0.25) is 5.91 Å². The highest BCUT2D eigenvalue weighted by Crippen LogP contribution is 2.38. The summed E-state index contributed by atoms with van der Waals surface area (Å²) in [7, 11) is 1.60. The zero-order valence-corrected chi connectivity index (χ0v) is 20.9. The van der Waals surface area contributed by atoms with E-state index in [0.717, 1.165) is 21.3 Å². The molecular formula is C28H20N4O2S2. The number of hydrogen-bond acceptors (Lipinski definition) is 7. The highest BCUT2D eigenvalue weighted by atomic mass is 32.2. The Balaban J connectivity index is 1.48. The Hall–Kier alpha value is -4.19. The number of amides is 1. The molecule has 36 heavy (non-hydrogen) atoms. The summed E-state index contributed by atoms with van der Waals surface area (Å²) in [6.45, 7) is 0. The zero-order valence-electron chi connectivity index (χ0n) is 19.3. The number of hydrogen-bond donors (Lipinski definition) is 1. The van der Waals surface area contributed by atoms with Gasteiger partial charge in [0.15, 0.2) is 5.13 Å². The van der Waals surface area contributed by atoms with Gasteiger partial charge < -0.3 is 10.1 Å². The number of para-hydroxylation sites is 2. The Morgan fingerprint density at radius 1 is 1.00 bits per heavy atom. The molecule has 0 atom stereocenters. The van der Waals surface area contributed by atoms with E-state index in [4.69, 9.17) is 9.72 Å². The number of carbonyl (C=O) groups is 1. The first-order chi connectivity index (χ1) is 17.7. The summed E-state index contributed by atoms with van der Waals surface area (Å²) < 4.78 is 6.57. The second kappa shape index (κ2) is 10.6. The van der Waals surface area contributed by atoms with E-state index in [9.17, 15) is 10.1 Å². The number of thiazole rings is 1. The van der Waals surface area contributed by atoms with Crippen LogP contribution in [0.25, 0.3) is 32.6 Å². The van der Waals surface area contributed by atoms with Crippen molar-refractivity contribution < 1.29 is 9.53 Å². The van der Waals surface area contributed by atoms with E-state index in [2.05, 4.69) is 16.4 Å². The summed E-state index contributed by atoms with van der Waals surface area (Å²) in [6, 6.07) is 29.3. The smallest absolute Gasteiger partial charge is 0.236 e. The van der Waals surface area contributed by atoms with E-state index in [1.54, 1.807) is 7.11 Å². The minimum Gasteiger partial charge on any atom is -0.496 e. The lowest BCUT2D eigenvalue weighted by Gasteiger charge is -2.14. The maximum Gasteiger partial charge on any atom is 0.236 e. The lowest BCUT2D eigenvalue weighted by Crippen LogP contribution is -2.14. The first kappa shape index (κ1) is 23.5. The fourth-order valence-corrected chi connectivity index (χ4v) is 5.47. The van der Waals surface area contributed by atoms with Crippen LogP contribution < -0.4 is 10.1 Å². The molecule has 0 radical (unpaired) electrons. The van der Waals surface area contributed by atoms with Crippen LogP contribution in [0.2, 0.25) is 0 Å². The number of rotatable bonds is 7. The third-order valence-corrected chi connectivity index (χ3v) is 7.37. The van der Waals surface area contributed by atoms with Gasteiger partial charge in [0, 0.05) is 16.7 Å². The van der Waals surface area contributed by atoms with Crippen molar-refractivity contribution in [2.45, 2.75) is 5.03 Å². The minimum absolute atomic E-state index is 0.0845. The van der Waals surface area contributed by atoms with Crippen LogP contribution in [0.5, 0.6) is 5.75 Å². The lowest BCUT2D eigenvalue weighted by atomic mass is 9.98. The molecule has 5 aromatic rings. The molecule has 6 nitrogen and oxygen atoms in total. The summed E-state index contributed by atoms with van der Waals surface area (Å²) in [6.07, 6.45) is 0. The number of pyridine rings is 1. The first-order valence-corrected chi connectivity index (χ1v) is 12.9. The maximum absolute atomic E-state index is 12.8. The van der Waals surface area contributed by atoms with Gasteiger partial charge in [-0.05, 0) is 24.3 Å². The van der Waals surface area contributed by atoms with Crippen LogP contribution in [0.4, 0.5) is 5.13 Å². The van der Waals surface area contributed by atoms with Crippen LogP contribution >= 0.6 is 23.1 Å². The third-order valence-electron chi connectivity index (χ3n) is 5.44. The molecule has 2 heterocycles. The van der Waals surface area contributed by atoms with E-state index in [1.165, 1.54) is 23.1 Å². The Morgan fingerprint density at radius 3 is 2.53 bits per heavy atom. The van der Waals surface area contributed by atoms with Crippen LogP contribution in [-0.4, -0.2) is 28.7 Å². The van der Waals surface area contributed by atoms with Gasteiger partial charge in [0.25, 0.3) is 0 Å². The number of aromatic nitrogens is 2. The Labute approximate surface area is 216 Å². The van der Waals surface area contributed by atoms with Gasteiger partial charge in [-0.1, -0.05) is 83.8 Å². The van der Waals surface area contributed by atoms with E-state index in [1.807, 2.05) is 84.9 Å². The number of nitrogens with one attached hydrogen (secondary N) is 1. The summed E-state index contributed by atoms with van der Waals surface area (Å²) in [5.74, 6) is 0.527. The third kappa shape index (κ3) is 4.93. The number of anilines is 1. The molecule has 2 aromatic heterocycles. The summed E-state index contributed by atoms with van der Waals surface area (Å²) in [5, 5.41) is 14.0. The minimum atomic E-state index is -0.214. The Bertz CT molecular complexity index is 1560. The molecule has 0 aliphatic rings.